The Morgan fingerprint density at radius 1 is 1.50 bits per heavy atom. The van der Waals surface area contributed by atoms with Gasteiger partial charge in [0.1, 0.15) is 4.83 Å². The third-order valence-corrected chi connectivity index (χ3v) is 3.98. The number of aromatic nitrogens is 2. The van der Waals surface area contributed by atoms with Gasteiger partial charge in [0.15, 0.2) is 0 Å². The second kappa shape index (κ2) is 5.83. The molecule has 8 heteroatoms. The van der Waals surface area contributed by atoms with Gasteiger partial charge >= 0.3 is 5.97 Å². The first-order chi connectivity index (χ1) is 9.54. The van der Waals surface area contributed by atoms with E-state index < -0.39 is 5.97 Å². The van der Waals surface area contributed by atoms with Crippen LogP contribution in [0.15, 0.2) is 11.1 Å². The number of thiophene rings is 1. The number of carbonyl (C=O) groups excluding carboxylic acids is 2. The lowest BCUT2D eigenvalue weighted by atomic mass is 10.2. The minimum Gasteiger partial charge on any atom is -0.469 e. The smallest absolute Gasteiger partial charge is 0.307 e. The molecule has 2 aromatic heterocycles. The van der Waals surface area contributed by atoms with Gasteiger partial charge in [-0.05, 0) is 12.5 Å². The summed E-state index contributed by atoms with van der Waals surface area (Å²) >= 11 is 1.15. The van der Waals surface area contributed by atoms with Crippen LogP contribution in [0, 0.1) is 6.92 Å². The van der Waals surface area contributed by atoms with Crippen LogP contribution in [0.4, 0.5) is 0 Å². The van der Waals surface area contributed by atoms with Crippen LogP contribution in [0.1, 0.15) is 21.7 Å². The molecule has 2 heterocycles. The normalized spacial score (nSPS) is 10.5. The summed E-state index contributed by atoms with van der Waals surface area (Å²) in [6.07, 6.45) is 1.41. The van der Waals surface area contributed by atoms with E-state index in [0.717, 1.165) is 11.3 Å². The highest BCUT2D eigenvalue weighted by Gasteiger charge is 2.18. The summed E-state index contributed by atoms with van der Waals surface area (Å²) in [5.41, 5.74) is 0.326. The van der Waals surface area contributed by atoms with Gasteiger partial charge in [-0.3, -0.25) is 14.4 Å². The van der Waals surface area contributed by atoms with Gasteiger partial charge in [0.05, 0.1) is 30.1 Å². The maximum Gasteiger partial charge on any atom is 0.307 e. The predicted molar refractivity (Wildman–Crippen MR) is 73.9 cm³/mol. The molecule has 106 valence electrons. The number of rotatable bonds is 4. The molecule has 1 amide bonds. The lowest BCUT2D eigenvalue weighted by molar-refractivity contribution is -0.140. The zero-order chi connectivity index (χ0) is 14.7. The van der Waals surface area contributed by atoms with Crippen LogP contribution in [-0.2, 0) is 9.53 Å². The Hall–Kier alpha value is -2.22. The Balaban J connectivity index is 2.19. The molecule has 7 nitrogen and oxygen atoms in total. The van der Waals surface area contributed by atoms with Crippen molar-refractivity contribution >= 4 is 33.4 Å². The quantitative estimate of drug-likeness (QED) is 0.804. The number of H-pyrrole nitrogens is 1. The Morgan fingerprint density at radius 2 is 2.25 bits per heavy atom. The second-order valence-electron chi connectivity index (χ2n) is 4.05. The number of aryl methyl sites for hydroxylation is 1. The van der Waals surface area contributed by atoms with Crippen LogP contribution >= 0.6 is 11.3 Å². The molecule has 0 aliphatic rings. The molecule has 0 aliphatic carbocycles. The highest BCUT2D eigenvalue weighted by molar-refractivity contribution is 7.20. The van der Waals surface area contributed by atoms with E-state index in [1.165, 1.54) is 13.4 Å². The van der Waals surface area contributed by atoms with Crippen LogP contribution in [0.25, 0.3) is 10.2 Å². The summed E-state index contributed by atoms with van der Waals surface area (Å²) in [7, 11) is 1.29. The Labute approximate surface area is 118 Å². The number of hydrogen-bond donors (Lipinski definition) is 2. The van der Waals surface area contributed by atoms with Crippen molar-refractivity contribution in [1.82, 2.24) is 15.3 Å². The van der Waals surface area contributed by atoms with Gasteiger partial charge in [-0.1, -0.05) is 0 Å². The first-order valence-corrected chi connectivity index (χ1v) is 6.68. The molecule has 20 heavy (non-hydrogen) atoms. The highest BCUT2D eigenvalue weighted by Crippen LogP contribution is 2.26. The molecular formula is C12H13N3O4S. The van der Waals surface area contributed by atoms with E-state index >= 15 is 0 Å². The van der Waals surface area contributed by atoms with E-state index in [-0.39, 0.29) is 24.4 Å². The van der Waals surface area contributed by atoms with Crippen molar-refractivity contribution in [1.29, 1.82) is 0 Å². The molecule has 0 unspecified atom stereocenters. The Kier molecular flexibility index (Phi) is 4.14. The zero-order valence-corrected chi connectivity index (χ0v) is 11.8. The van der Waals surface area contributed by atoms with Gasteiger partial charge in [-0.25, -0.2) is 4.98 Å². The van der Waals surface area contributed by atoms with Crippen molar-refractivity contribution in [3.05, 3.63) is 27.1 Å². The van der Waals surface area contributed by atoms with Crippen LogP contribution in [0.3, 0.4) is 0 Å². The molecule has 0 saturated heterocycles. The van der Waals surface area contributed by atoms with Crippen LogP contribution < -0.4 is 10.9 Å². The zero-order valence-electron chi connectivity index (χ0n) is 11.0. The molecule has 0 saturated carbocycles. The number of methoxy groups -OCH3 is 1. The standard InChI is InChI=1S/C12H13N3O4S/c1-6-8-10(17)14-5-15-12(8)20-9(6)11(18)13-4-3-7(16)19-2/h5H,3-4H2,1-2H3,(H,13,18)(H,14,15,17). The number of fused-ring (bicyclic) bond motifs is 1. The number of nitrogens with one attached hydrogen (secondary N) is 2. The molecular weight excluding hydrogens is 282 g/mol. The van der Waals surface area contributed by atoms with Gasteiger partial charge < -0.3 is 15.0 Å². The van der Waals surface area contributed by atoms with Gasteiger partial charge in [-0.2, -0.15) is 0 Å². The first kappa shape index (κ1) is 14.2. The van der Waals surface area contributed by atoms with Crippen LogP contribution in [0.5, 0.6) is 0 Å². The van der Waals surface area contributed by atoms with Crippen molar-refractivity contribution in [2.24, 2.45) is 0 Å². The number of hydrogen-bond acceptors (Lipinski definition) is 6. The monoisotopic (exact) mass is 295 g/mol. The minimum atomic E-state index is -0.392. The van der Waals surface area contributed by atoms with Crippen molar-refractivity contribution in [3.63, 3.8) is 0 Å². The lowest BCUT2D eigenvalue weighted by Gasteiger charge is -2.03. The van der Waals surface area contributed by atoms with Crippen LogP contribution in [0.2, 0.25) is 0 Å². The molecule has 2 aromatic rings. The average Bonchev–Trinajstić information content (AvgIpc) is 2.77. The fourth-order valence-corrected chi connectivity index (χ4v) is 2.82. The average molecular weight is 295 g/mol. The number of ether oxygens (including phenoxy) is 1. The maximum absolute atomic E-state index is 12.0. The summed E-state index contributed by atoms with van der Waals surface area (Å²) < 4.78 is 4.48. The van der Waals surface area contributed by atoms with Gasteiger partial charge in [0.25, 0.3) is 11.5 Å². The SMILES string of the molecule is COC(=O)CCNC(=O)c1sc2nc[nH]c(=O)c2c1C. The molecule has 2 N–H and O–H groups in total. The van der Waals surface area contributed by atoms with Gasteiger partial charge in [0.2, 0.25) is 0 Å². The number of carbonyl (C=O) groups is 2. The summed E-state index contributed by atoms with van der Waals surface area (Å²) in [5, 5.41) is 3.04. The summed E-state index contributed by atoms with van der Waals surface area (Å²) in [6.45, 7) is 1.88. The molecule has 0 bridgehead atoms. The second-order valence-corrected chi connectivity index (χ2v) is 5.05. The van der Waals surface area contributed by atoms with E-state index in [0.29, 0.717) is 20.7 Å². The third-order valence-electron chi connectivity index (χ3n) is 2.78. The molecule has 0 aromatic carbocycles. The Morgan fingerprint density at radius 3 is 2.90 bits per heavy atom. The minimum absolute atomic E-state index is 0.102. The summed E-state index contributed by atoms with van der Waals surface area (Å²) in [4.78, 5) is 42.1. The van der Waals surface area contributed by atoms with E-state index in [2.05, 4.69) is 20.0 Å². The molecule has 2 rings (SSSR count). The molecule has 0 radical (unpaired) electrons. The summed E-state index contributed by atoms with van der Waals surface area (Å²) in [5.74, 6) is -0.717. The van der Waals surface area contributed by atoms with Gasteiger partial charge in [-0.15, -0.1) is 11.3 Å². The summed E-state index contributed by atoms with van der Waals surface area (Å²) in [6, 6.07) is 0. The topological polar surface area (TPSA) is 101 Å². The fraction of sp³-hybridized carbons (Fsp3) is 0.333. The van der Waals surface area contributed by atoms with E-state index in [9.17, 15) is 14.4 Å². The van der Waals surface area contributed by atoms with Crippen molar-refractivity contribution in [2.75, 3.05) is 13.7 Å². The Bertz CT molecular complexity index is 719. The molecule has 0 fully saturated rings. The van der Waals surface area contributed by atoms with Crippen molar-refractivity contribution < 1.29 is 14.3 Å². The third kappa shape index (κ3) is 2.69. The highest BCUT2D eigenvalue weighted by atomic mass is 32.1. The first-order valence-electron chi connectivity index (χ1n) is 5.86. The number of aromatic amines is 1. The predicted octanol–water partition coefficient (Wildman–Crippen LogP) is 0.586. The number of nitrogens with zero attached hydrogens (tertiary/aromatic N) is 1. The number of esters is 1. The van der Waals surface area contributed by atoms with Crippen molar-refractivity contribution in [3.8, 4) is 0 Å². The molecule has 0 spiro atoms. The molecule has 0 aliphatic heterocycles. The largest absolute Gasteiger partial charge is 0.469 e. The van der Waals surface area contributed by atoms with Crippen molar-refractivity contribution in [2.45, 2.75) is 13.3 Å². The van der Waals surface area contributed by atoms with E-state index in [1.807, 2.05) is 0 Å². The fourth-order valence-electron chi connectivity index (χ4n) is 1.76. The number of amides is 1. The molecule has 0 atom stereocenters. The van der Waals surface area contributed by atoms with Crippen LogP contribution in [-0.4, -0.2) is 35.5 Å². The van der Waals surface area contributed by atoms with Gasteiger partial charge in [0, 0.05) is 6.54 Å². The lowest BCUT2D eigenvalue weighted by Crippen LogP contribution is -2.26. The van der Waals surface area contributed by atoms with E-state index in [1.54, 1.807) is 6.92 Å². The van der Waals surface area contributed by atoms with E-state index in [4.69, 9.17) is 0 Å². The maximum atomic E-state index is 12.0.